The maximum atomic E-state index is 8.57. The molecule has 5 nitrogen and oxygen atoms in total. The second kappa shape index (κ2) is 7.23. The number of aromatic nitrogens is 2. The van der Waals surface area contributed by atoms with Gasteiger partial charge in [-0.2, -0.15) is 0 Å². The van der Waals surface area contributed by atoms with Crippen molar-refractivity contribution in [1.82, 2.24) is 14.7 Å². The number of hydrogen-bond acceptors (Lipinski definition) is 4. The molecule has 5 heteroatoms. The SMILES string of the molecule is Cc1ccc2ncc(CNCCCOCCO)n2c1. The standard InChI is InChI=1S/C14H21N3O2/c1-12-3-4-14-16-10-13(17(14)11-12)9-15-5-2-7-19-8-6-18/h3-4,10-11,15,18H,2,5-9H2,1H3. The third-order valence-electron chi connectivity index (χ3n) is 2.91. The van der Waals surface area contributed by atoms with Crippen LogP contribution in [0, 0.1) is 6.92 Å². The van der Waals surface area contributed by atoms with E-state index in [0.717, 1.165) is 30.9 Å². The normalized spacial score (nSPS) is 11.3. The molecule has 0 aliphatic carbocycles. The molecule has 19 heavy (non-hydrogen) atoms. The molecule has 0 saturated heterocycles. The molecule has 0 aliphatic rings. The van der Waals surface area contributed by atoms with Gasteiger partial charge in [0.1, 0.15) is 5.65 Å². The number of imidazole rings is 1. The van der Waals surface area contributed by atoms with E-state index in [1.165, 1.54) is 5.56 Å². The van der Waals surface area contributed by atoms with E-state index in [0.29, 0.717) is 13.2 Å². The molecule has 0 unspecified atom stereocenters. The summed E-state index contributed by atoms with van der Waals surface area (Å²) in [7, 11) is 0. The van der Waals surface area contributed by atoms with Gasteiger partial charge in [-0.15, -0.1) is 0 Å². The molecule has 0 aromatic carbocycles. The third kappa shape index (κ3) is 4.02. The minimum Gasteiger partial charge on any atom is -0.394 e. The Morgan fingerprint density at radius 1 is 1.37 bits per heavy atom. The van der Waals surface area contributed by atoms with Gasteiger partial charge in [-0.3, -0.25) is 0 Å². The van der Waals surface area contributed by atoms with E-state index in [2.05, 4.69) is 33.9 Å². The average molecular weight is 263 g/mol. The van der Waals surface area contributed by atoms with Crippen molar-refractivity contribution in [3.05, 3.63) is 35.8 Å². The van der Waals surface area contributed by atoms with E-state index in [1.807, 2.05) is 12.3 Å². The van der Waals surface area contributed by atoms with Crippen molar-refractivity contribution in [1.29, 1.82) is 0 Å². The molecule has 104 valence electrons. The van der Waals surface area contributed by atoms with E-state index in [4.69, 9.17) is 9.84 Å². The van der Waals surface area contributed by atoms with Crippen LogP contribution in [0.2, 0.25) is 0 Å². The van der Waals surface area contributed by atoms with Gasteiger partial charge in [0.2, 0.25) is 0 Å². The third-order valence-corrected chi connectivity index (χ3v) is 2.91. The molecule has 2 aromatic rings. The second-order valence-electron chi connectivity index (χ2n) is 4.55. The minimum atomic E-state index is 0.0919. The van der Waals surface area contributed by atoms with E-state index in [1.54, 1.807) is 0 Å². The van der Waals surface area contributed by atoms with Crippen LogP contribution in [-0.2, 0) is 11.3 Å². The maximum absolute atomic E-state index is 8.57. The lowest BCUT2D eigenvalue weighted by Crippen LogP contribution is -2.17. The first kappa shape index (κ1) is 14.0. The van der Waals surface area contributed by atoms with Gasteiger partial charge >= 0.3 is 0 Å². The molecule has 0 radical (unpaired) electrons. The molecular weight excluding hydrogens is 242 g/mol. The zero-order valence-electron chi connectivity index (χ0n) is 11.3. The van der Waals surface area contributed by atoms with Gasteiger partial charge in [0, 0.05) is 19.3 Å². The van der Waals surface area contributed by atoms with Crippen molar-refractivity contribution in [2.45, 2.75) is 19.9 Å². The topological polar surface area (TPSA) is 58.8 Å². The van der Waals surface area contributed by atoms with E-state index in [9.17, 15) is 0 Å². The monoisotopic (exact) mass is 263 g/mol. The highest BCUT2D eigenvalue weighted by molar-refractivity contribution is 5.41. The number of nitrogens with zero attached hydrogens (tertiary/aromatic N) is 2. The van der Waals surface area contributed by atoms with Gasteiger partial charge in [0.25, 0.3) is 0 Å². The molecular formula is C14H21N3O2. The lowest BCUT2D eigenvalue weighted by molar-refractivity contribution is 0.0907. The molecule has 2 N–H and O–H groups in total. The van der Waals surface area contributed by atoms with Crippen LogP contribution in [0.1, 0.15) is 17.7 Å². The highest BCUT2D eigenvalue weighted by Gasteiger charge is 2.02. The van der Waals surface area contributed by atoms with Crippen LogP contribution in [0.5, 0.6) is 0 Å². The average Bonchev–Trinajstić information content (AvgIpc) is 2.80. The Labute approximate surface area is 113 Å². The van der Waals surface area contributed by atoms with Crippen molar-refractivity contribution < 1.29 is 9.84 Å². The number of ether oxygens (including phenoxy) is 1. The van der Waals surface area contributed by atoms with Gasteiger partial charge < -0.3 is 19.6 Å². The van der Waals surface area contributed by atoms with Crippen LogP contribution in [-0.4, -0.2) is 40.9 Å². The quantitative estimate of drug-likeness (QED) is 0.701. The smallest absolute Gasteiger partial charge is 0.136 e. The summed E-state index contributed by atoms with van der Waals surface area (Å²) in [6.45, 7) is 4.96. The fraction of sp³-hybridized carbons (Fsp3) is 0.500. The van der Waals surface area contributed by atoms with E-state index < -0.39 is 0 Å². The number of aliphatic hydroxyl groups is 1. The van der Waals surface area contributed by atoms with Crippen LogP contribution in [0.15, 0.2) is 24.5 Å². The summed E-state index contributed by atoms with van der Waals surface area (Å²) in [5.41, 5.74) is 3.37. The number of aryl methyl sites for hydroxylation is 1. The zero-order valence-corrected chi connectivity index (χ0v) is 11.3. The van der Waals surface area contributed by atoms with Crippen molar-refractivity contribution >= 4 is 5.65 Å². The van der Waals surface area contributed by atoms with Crippen molar-refractivity contribution in [3.63, 3.8) is 0 Å². The largest absolute Gasteiger partial charge is 0.394 e. The summed E-state index contributed by atoms with van der Waals surface area (Å²) in [5, 5.41) is 11.9. The van der Waals surface area contributed by atoms with Crippen LogP contribution < -0.4 is 5.32 Å². The summed E-state index contributed by atoms with van der Waals surface area (Å²) >= 11 is 0. The Kier molecular flexibility index (Phi) is 5.32. The minimum absolute atomic E-state index is 0.0919. The Balaban J connectivity index is 1.77. The molecule has 0 saturated carbocycles. The molecule has 0 aliphatic heterocycles. The number of rotatable bonds is 8. The molecule has 2 rings (SSSR count). The zero-order chi connectivity index (χ0) is 13.5. The number of nitrogens with one attached hydrogen (secondary N) is 1. The molecule has 2 heterocycles. The van der Waals surface area contributed by atoms with Gasteiger partial charge in [-0.05, 0) is 31.5 Å². The van der Waals surface area contributed by atoms with Gasteiger partial charge in [0.05, 0.1) is 25.1 Å². The molecule has 0 fully saturated rings. The Bertz CT molecular complexity index is 510. The first-order chi connectivity index (χ1) is 9.31. The fourth-order valence-corrected chi connectivity index (χ4v) is 1.95. The lowest BCUT2D eigenvalue weighted by atomic mass is 10.3. The first-order valence-electron chi connectivity index (χ1n) is 6.63. The number of aliphatic hydroxyl groups excluding tert-OH is 1. The number of hydrogen-bond donors (Lipinski definition) is 2. The summed E-state index contributed by atoms with van der Waals surface area (Å²) < 4.78 is 7.31. The van der Waals surface area contributed by atoms with Crippen LogP contribution >= 0.6 is 0 Å². The predicted molar refractivity (Wildman–Crippen MR) is 74.2 cm³/mol. The van der Waals surface area contributed by atoms with Gasteiger partial charge in [-0.1, -0.05) is 6.07 Å². The Morgan fingerprint density at radius 2 is 2.26 bits per heavy atom. The van der Waals surface area contributed by atoms with E-state index >= 15 is 0 Å². The molecule has 0 atom stereocenters. The van der Waals surface area contributed by atoms with Crippen LogP contribution in [0.3, 0.4) is 0 Å². The van der Waals surface area contributed by atoms with Crippen LogP contribution in [0.4, 0.5) is 0 Å². The summed E-state index contributed by atoms with van der Waals surface area (Å²) in [5.74, 6) is 0. The number of fused-ring (bicyclic) bond motifs is 1. The Hall–Kier alpha value is -1.43. The fourth-order valence-electron chi connectivity index (χ4n) is 1.95. The lowest BCUT2D eigenvalue weighted by Gasteiger charge is -2.06. The van der Waals surface area contributed by atoms with Crippen molar-refractivity contribution in [3.8, 4) is 0 Å². The van der Waals surface area contributed by atoms with Gasteiger partial charge in [-0.25, -0.2) is 4.98 Å². The molecule has 0 spiro atoms. The Morgan fingerprint density at radius 3 is 3.11 bits per heavy atom. The highest BCUT2D eigenvalue weighted by Crippen LogP contribution is 2.08. The summed E-state index contributed by atoms with van der Waals surface area (Å²) in [6.07, 6.45) is 4.95. The summed E-state index contributed by atoms with van der Waals surface area (Å²) in [4.78, 5) is 4.37. The number of pyridine rings is 1. The highest BCUT2D eigenvalue weighted by atomic mass is 16.5. The van der Waals surface area contributed by atoms with Gasteiger partial charge in [0.15, 0.2) is 0 Å². The second-order valence-corrected chi connectivity index (χ2v) is 4.55. The first-order valence-corrected chi connectivity index (χ1v) is 6.63. The van der Waals surface area contributed by atoms with Crippen molar-refractivity contribution in [2.75, 3.05) is 26.4 Å². The van der Waals surface area contributed by atoms with E-state index in [-0.39, 0.29) is 6.61 Å². The molecule has 0 amide bonds. The molecule has 0 bridgehead atoms. The summed E-state index contributed by atoms with van der Waals surface area (Å²) in [6, 6.07) is 4.10. The van der Waals surface area contributed by atoms with Crippen LogP contribution in [0.25, 0.3) is 5.65 Å². The molecule has 2 aromatic heterocycles. The maximum Gasteiger partial charge on any atom is 0.136 e. The predicted octanol–water partition coefficient (Wildman–Crippen LogP) is 1.13. The van der Waals surface area contributed by atoms with Crippen molar-refractivity contribution in [2.24, 2.45) is 0 Å².